The zero-order valence-corrected chi connectivity index (χ0v) is 11.8. The van der Waals surface area contributed by atoms with Crippen molar-refractivity contribution in [2.45, 2.75) is 6.42 Å². The van der Waals surface area contributed by atoms with E-state index in [0.717, 1.165) is 6.42 Å². The first-order valence-electron chi connectivity index (χ1n) is 6.27. The highest BCUT2D eigenvalue weighted by Gasteiger charge is 2.20. The first-order valence-corrected chi connectivity index (χ1v) is 7.21. The Bertz CT molecular complexity index is 563. The van der Waals surface area contributed by atoms with Gasteiger partial charge in [-0.25, -0.2) is 8.78 Å². The molecule has 0 bridgehead atoms. The maximum absolute atomic E-state index is 13.3. The van der Waals surface area contributed by atoms with Crippen molar-refractivity contribution in [1.82, 2.24) is 5.32 Å². The van der Waals surface area contributed by atoms with E-state index < -0.39 is 29.0 Å². The fourth-order valence-electron chi connectivity index (χ4n) is 1.70. The van der Waals surface area contributed by atoms with Crippen LogP contribution in [-0.4, -0.2) is 19.7 Å². The molecule has 0 aliphatic carbocycles. The lowest BCUT2D eigenvalue weighted by molar-refractivity contribution is 0.270. The van der Waals surface area contributed by atoms with Crippen molar-refractivity contribution in [2.24, 2.45) is 0 Å². The molecule has 0 amide bonds. The van der Waals surface area contributed by atoms with Gasteiger partial charge in [-0.2, -0.15) is 20.1 Å². The van der Waals surface area contributed by atoms with Crippen molar-refractivity contribution in [3.8, 4) is 5.75 Å². The molecule has 1 aromatic carbocycles. The number of thiophene rings is 1. The molecule has 2 rings (SSSR count). The van der Waals surface area contributed by atoms with Crippen LogP contribution in [0.2, 0.25) is 0 Å². The van der Waals surface area contributed by atoms with Gasteiger partial charge in [0, 0.05) is 12.6 Å². The molecule has 0 aliphatic rings. The average molecular weight is 319 g/mol. The van der Waals surface area contributed by atoms with E-state index in [4.69, 9.17) is 4.74 Å². The van der Waals surface area contributed by atoms with E-state index in [1.165, 1.54) is 5.56 Å². The van der Waals surface area contributed by atoms with E-state index in [1.807, 2.05) is 16.8 Å². The number of ether oxygens (including phenoxy) is 1. The molecule has 0 atom stereocenters. The Morgan fingerprint density at radius 1 is 1.05 bits per heavy atom. The number of rotatable bonds is 7. The third-order valence-corrected chi connectivity index (χ3v) is 3.50. The second-order valence-corrected chi connectivity index (χ2v) is 5.06. The summed E-state index contributed by atoms with van der Waals surface area (Å²) in [4.78, 5) is 0. The van der Waals surface area contributed by atoms with E-state index in [9.17, 15) is 17.6 Å². The Hall–Kier alpha value is -1.60. The quantitative estimate of drug-likeness (QED) is 0.479. The molecule has 0 fully saturated rings. The summed E-state index contributed by atoms with van der Waals surface area (Å²) < 4.78 is 57.2. The zero-order valence-electron chi connectivity index (χ0n) is 11.0. The Kier molecular flexibility index (Phi) is 5.58. The summed E-state index contributed by atoms with van der Waals surface area (Å²) in [6.07, 6.45) is 0.820. The summed E-state index contributed by atoms with van der Waals surface area (Å²) in [5.41, 5.74) is 1.19. The maximum Gasteiger partial charge on any atom is 0.203 e. The molecule has 0 saturated carbocycles. The largest absolute Gasteiger partial charge is 0.486 e. The average Bonchev–Trinajstić information content (AvgIpc) is 2.97. The Morgan fingerprint density at radius 2 is 1.76 bits per heavy atom. The van der Waals surface area contributed by atoms with E-state index in [-0.39, 0.29) is 12.7 Å². The van der Waals surface area contributed by atoms with Crippen molar-refractivity contribution in [1.29, 1.82) is 0 Å². The van der Waals surface area contributed by atoms with Crippen LogP contribution in [0.3, 0.4) is 0 Å². The lowest BCUT2D eigenvalue weighted by Crippen LogP contribution is -2.23. The van der Waals surface area contributed by atoms with Crippen molar-refractivity contribution >= 4 is 11.3 Å². The van der Waals surface area contributed by atoms with Gasteiger partial charge < -0.3 is 10.1 Å². The van der Waals surface area contributed by atoms with Crippen LogP contribution in [0.15, 0.2) is 22.9 Å². The van der Waals surface area contributed by atoms with E-state index in [0.29, 0.717) is 13.1 Å². The predicted molar refractivity (Wildman–Crippen MR) is 72.7 cm³/mol. The van der Waals surface area contributed by atoms with Crippen LogP contribution < -0.4 is 10.1 Å². The zero-order chi connectivity index (χ0) is 15.2. The Morgan fingerprint density at radius 3 is 2.38 bits per heavy atom. The molecule has 0 spiro atoms. The molecule has 0 saturated heterocycles. The molecule has 114 valence electrons. The number of nitrogens with one attached hydrogen (secondary N) is 1. The summed E-state index contributed by atoms with van der Waals surface area (Å²) in [6.45, 7) is 0.879. The molecular weight excluding hydrogens is 306 g/mol. The van der Waals surface area contributed by atoms with Gasteiger partial charge in [0.2, 0.25) is 11.6 Å². The molecule has 7 heteroatoms. The molecule has 2 aromatic rings. The van der Waals surface area contributed by atoms with E-state index in [1.54, 1.807) is 11.3 Å². The first-order chi connectivity index (χ1) is 10.1. The van der Waals surface area contributed by atoms with Crippen LogP contribution in [0.1, 0.15) is 5.56 Å². The topological polar surface area (TPSA) is 21.3 Å². The molecule has 0 radical (unpaired) electrons. The summed E-state index contributed by atoms with van der Waals surface area (Å²) >= 11 is 1.60. The molecule has 1 N–H and O–H groups in total. The highest BCUT2D eigenvalue weighted by molar-refractivity contribution is 7.07. The number of benzene rings is 1. The molecule has 1 heterocycles. The minimum atomic E-state index is -1.52. The van der Waals surface area contributed by atoms with Crippen LogP contribution in [-0.2, 0) is 6.42 Å². The minimum Gasteiger partial charge on any atom is -0.486 e. The van der Waals surface area contributed by atoms with Crippen molar-refractivity contribution < 1.29 is 22.3 Å². The molecule has 0 aliphatic heterocycles. The van der Waals surface area contributed by atoms with Crippen LogP contribution in [0.25, 0.3) is 0 Å². The van der Waals surface area contributed by atoms with Gasteiger partial charge in [-0.1, -0.05) is 0 Å². The summed E-state index contributed by atoms with van der Waals surface area (Å²) in [6, 6.07) is 2.15. The minimum absolute atomic E-state index is 0.0969. The second-order valence-electron chi connectivity index (χ2n) is 4.28. The summed E-state index contributed by atoms with van der Waals surface area (Å²) in [5, 5.41) is 7.01. The summed E-state index contributed by atoms with van der Waals surface area (Å²) in [5.74, 6) is -7.02. The van der Waals surface area contributed by atoms with Gasteiger partial charge in [-0.05, 0) is 35.4 Å². The van der Waals surface area contributed by atoms with Gasteiger partial charge in [0.15, 0.2) is 17.4 Å². The van der Waals surface area contributed by atoms with Gasteiger partial charge in [0.1, 0.15) is 6.61 Å². The predicted octanol–water partition coefficient (Wildman–Crippen LogP) is 3.52. The number of hydrogen-bond donors (Lipinski definition) is 1. The fraction of sp³-hybridized carbons (Fsp3) is 0.286. The fourth-order valence-corrected chi connectivity index (χ4v) is 2.40. The molecule has 1 aromatic heterocycles. The van der Waals surface area contributed by atoms with Crippen molar-refractivity contribution in [3.63, 3.8) is 0 Å². The summed E-state index contributed by atoms with van der Waals surface area (Å²) in [7, 11) is 0. The lowest BCUT2D eigenvalue weighted by Gasteiger charge is -2.10. The normalized spacial score (nSPS) is 10.9. The SMILES string of the molecule is Fc1cc(F)c(F)c(OCCNCCc2ccsc2)c1F. The first kappa shape index (κ1) is 15.8. The van der Waals surface area contributed by atoms with Gasteiger partial charge in [0.05, 0.1) is 0 Å². The third-order valence-electron chi connectivity index (χ3n) is 2.77. The van der Waals surface area contributed by atoms with Crippen LogP contribution >= 0.6 is 11.3 Å². The Balaban J connectivity index is 1.76. The van der Waals surface area contributed by atoms with Crippen molar-refractivity contribution in [2.75, 3.05) is 19.7 Å². The Labute approximate surface area is 123 Å². The second kappa shape index (κ2) is 7.42. The van der Waals surface area contributed by atoms with Gasteiger partial charge in [-0.15, -0.1) is 0 Å². The highest BCUT2D eigenvalue weighted by Crippen LogP contribution is 2.26. The van der Waals surface area contributed by atoms with Crippen LogP contribution in [0.4, 0.5) is 17.6 Å². The van der Waals surface area contributed by atoms with Gasteiger partial charge in [-0.3, -0.25) is 0 Å². The highest BCUT2D eigenvalue weighted by atomic mass is 32.1. The van der Waals surface area contributed by atoms with E-state index in [2.05, 4.69) is 5.32 Å². The van der Waals surface area contributed by atoms with Crippen molar-refractivity contribution in [3.05, 3.63) is 51.7 Å². The number of hydrogen-bond acceptors (Lipinski definition) is 3. The molecule has 21 heavy (non-hydrogen) atoms. The van der Waals surface area contributed by atoms with E-state index >= 15 is 0 Å². The smallest absolute Gasteiger partial charge is 0.203 e. The lowest BCUT2D eigenvalue weighted by atomic mass is 10.2. The monoisotopic (exact) mass is 319 g/mol. The van der Waals surface area contributed by atoms with Gasteiger partial charge in [0.25, 0.3) is 0 Å². The molecule has 2 nitrogen and oxygen atoms in total. The van der Waals surface area contributed by atoms with Crippen LogP contribution in [0, 0.1) is 23.3 Å². The molecule has 0 unspecified atom stereocenters. The third kappa shape index (κ3) is 4.18. The van der Waals surface area contributed by atoms with Gasteiger partial charge >= 0.3 is 0 Å². The molecular formula is C14H13F4NOS. The van der Waals surface area contributed by atoms with Crippen LogP contribution in [0.5, 0.6) is 5.75 Å². The number of halogens is 4. The maximum atomic E-state index is 13.3. The standard InChI is InChI=1S/C14H13F4NOS/c15-10-7-11(16)13(18)14(12(10)17)20-5-4-19-3-1-9-2-6-21-8-9/h2,6-8,19H,1,3-5H2.